The second-order valence-corrected chi connectivity index (χ2v) is 23.2. The number of aromatic amines is 1. The molecule has 3 aliphatic heterocycles. The van der Waals surface area contributed by atoms with Gasteiger partial charge in [-0.25, -0.2) is 24.7 Å². The number of nitrogens with two attached hydrogens (primary N) is 1. The Hall–Kier alpha value is -5.32. The number of nitrogens with one attached hydrogen (secondary N) is 9. The molecule has 41 nitrogen and oxygen atoms in total. The third kappa shape index (κ3) is 21.8. The predicted octanol–water partition coefficient (Wildman–Crippen LogP) is -16.2. The number of ether oxygens (including phenoxy) is 2. The fourth-order valence-corrected chi connectivity index (χ4v) is 11.9. The van der Waals surface area contributed by atoms with E-state index in [1.165, 1.54) is 0 Å². The van der Waals surface area contributed by atoms with Crippen molar-refractivity contribution >= 4 is 96.3 Å². The molecule has 2 saturated heterocycles. The Balaban J connectivity index is 0.00000946. The van der Waals surface area contributed by atoms with Crippen molar-refractivity contribution in [3.05, 3.63) is 39.3 Å². The van der Waals surface area contributed by atoms with Gasteiger partial charge >= 0.3 is 73.0 Å². The predicted molar refractivity (Wildman–Crippen MR) is 267 cm³/mol. The Bertz CT molecular complexity index is 2970. The number of carboxylic acids is 4. The van der Waals surface area contributed by atoms with Crippen LogP contribution in [0.4, 0.5) is 5.82 Å². The minimum Gasteiger partial charge on any atom is -0.766 e. The van der Waals surface area contributed by atoms with Gasteiger partial charge in [-0.1, -0.05) is 21.6 Å². The van der Waals surface area contributed by atoms with Gasteiger partial charge in [0.05, 0.1) is 19.5 Å². The van der Waals surface area contributed by atoms with Crippen molar-refractivity contribution in [3.8, 4) is 0 Å². The van der Waals surface area contributed by atoms with E-state index in [1.807, 2.05) is 10.6 Å². The van der Waals surface area contributed by atoms with Gasteiger partial charge in [-0.05, 0) is 12.8 Å². The molecule has 2 aromatic rings. The Morgan fingerprint density at radius 3 is 1.51 bits per heavy atom. The molecule has 5 heterocycles. The van der Waals surface area contributed by atoms with Crippen LogP contribution in [0.1, 0.15) is 48.6 Å². The average Bonchev–Trinajstić information content (AvgIpc) is 2.64. The number of aliphatic carboxylic acids is 4. The number of imidazole rings is 1. The van der Waals surface area contributed by atoms with Crippen LogP contribution in [0, 0.1) is 0 Å². The summed E-state index contributed by atoms with van der Waals surface area (Å²) in [6.45, 7) is -4.00. The smallest absolute Gasteiger partial charge is 0.766 e. The molecule has 5 amide bonds. The number of carbonyl (C=O) groups is 9. The summed E-state index contributed by atoms with van der Waals surface area (Å²) in [6, 6.07) is -7.46. The van der Waals surface area contributed by atoms with Crippen molar-refractivity contribution in [1.29, 1.82) is 0 Å². The molecule has 462 valence electrons. The van der Waals surface area contributed by atoms with Crippen LogP contribution in [0.2, 0.25) is 0 Å². The first-order chi connectivity index (χ1) is 38.9. The molecule has 0 spiro atoms. The van der Waals surface area contributed by atoms with E-state index in [2.05, 4.69) is 31.2 Å². The zero-order valence-electron chi connectivity index (χ0n) is 44.1. The Kier molecular flexibility index (Phi) is 28.8. The minimum atomic E-state index is -5.43. The SMILES string of the molecule is NC1NC(=O)c2ncn([C@H]3OC(COP(=O)([O-])NC(CCC(=O)NC(CSSCC(NC(=O)CCC(NP(=O)([O-])OC[C@@H]4O[C@H](n5cnc(=O)[nH]c5=O)[C@@H](O)[C@H]4O)C(=O)O)C(=O)NCC(=O)O)C(=O)NCC(=O)O)C(=O)O)[C@H](O)[C@@H]3O)c2N1.[Li+].[Li+]. The Morgan fingerprint density at radius 1 is 0.671 bits per heavy atom. The molecule has 0 saturated carbocycles. The number of carboxylic acid groups (broad SMARTS) is 4. The monoisotopic (exact) mass is 1280 g/mol. The van der Waals surface area contributed by atoms with Crippen molar-refractivity contribution < 1.29 is 159 Å². The van der Waals surface area contributed by atoms with Crippen LogP contribution in [0.3, 0.4) is 0 Å². The molecule has 2 fully saturated rings. The quantitative estimate of drug-likeness (QED) is 0.0137. The number of amides is 5. The summed E-state index contributed by atoms with van der Waals surface area (Å²) in [5, 5.41) is 96.6. The number of anilines is 1. The standard InChI is InChI=1S/C38H56N14O27P2S2.2Li/c39-36-46-28-23(31(65)47-36)42-11-51(28)32-26(61)24(59)17(78-32)7-76-80(72,73)49-13(34(66)67)1-3-19(53)44-15(29(63)40-5-21(55)56)9-82-83-10-16(30(64)41-6-22(57)58)45-20(54)4-2-14(35(68)69)50-81(74,75)77-8-18-25(60)27(62)33(79-18)52-12-43-37(70)48-38(52)71;;/h11-18,24-27,32-33,36,46,59-62H,1-10,39H2,(H,40,63)(H,41,64)(H,44,53)(H,45,54)(H,47,65)(H,55,56)(H,57,58)(H,66,67)(H,68,69)(H,48,70,71)(H2,49,72,73)(H2,50,74,75);;/q;2*+1/p-2/t13?,14?,15?,16?,17?,18-,24-,25-,26-,27-,32-,33-,36?;;/m0../s1. The second-order valence-electron chi connectivity index (χ2n) is 17.7. The maximum atomic E-state index is 13.1. The minimum absolute atomic E-state index is 0. The normalized spacial score (nSPS) is 24.3. The van der Waals surface area contributed by atoms with Crippen molar-refractivity contribution in [2.24, 2.45) is 5.73 Å². The van der Waals surface area contributed by atoms with E-state index in [-0.39, 0.29) is 49.2 Å². The zero-order valence-corrected chi connectivity index (χ0v) is 47.6. The average molecular weight is 1280 g/mol. The molecular formula is C38H54Li2N14O27P2S2. The second kappa shape index (κ2) is 33.2. The fourth-order valence-electron chi connectivity index (χ4n) is 7.53. The maximum Gasteiger partial charge on any atom is 1.00 e. The first-order valence-corrected chi connectivity index (χ1v) is 29.3. The van der Waals surface area contributed by atoms with E-state index in [0.717, 1.165) is 10.9 Å². The molecule has 8 unspecified atom stereocenters. The van der Waals surface area contributed by atoms with Crippen molar-refractivity contribution in [2.75, 3.05) is 43.1 Å². The van der Waals surface area contributed by atoms with Gasteiger partial charge in [-0.2, -0.15) is 4.98 Å². The maximum absolute atomic E-state index is 13.1. The topological polar surface area (TPSA) is 640 Å². The van der Waals surface area contributed by atoms with Crippen molar-refractivity contribution in [3.63, 3.8) is 0 Å². The third-order valence-corrected chi connectivity index (χ3v) is 16.3. The summed E-state index contributed by atoms with van der Waals surface area (Å²) in [6.07, 6.45) is -16.3. The molecule has 15 atom stereocenters. The molecule has 2 aromatic heterocycles. The molecule has 0 aliphatic carbocycles. The first-order valence-electron chi connectivity index (χ1n) is 23.7. The Labute approximate surface area is 507 Å². The van der Waals surface area contributed by atoms with Crippen molar-refractivity contribution in [1.82, 2.24) is 60.8 Å². The van der Waals surface area contributed by atoms with Crippen LogP contribution in [-0.2, 0) is 66.0 Å². The molecule has 0 aromatic carbocycles. The summed E-state index contributed by atoms with van der Waals surface area (Å²) in [5.74, 6) is -12.8. The number of aliphatic hydroxyl groups is 4. The van der Waals surface area contributed by atoms with E-state index >= 15 is 0 Å². The van der Waals surface area contributed by atoms with Gasteiger partial charge in [0.1, 0.15) is 86.0 Å². The number of hydrogen-bond donors (Lipinski definition) is 18. The van der Waals surface area contributed by atoms with Crippen LogP contribution in [-0.4, -0.2) is 223 Å². The number of aromatic nitrogens is 5. The third-order valence-electron chi connectivity index (χ3n) is 11.6. The van der Waals surface area contributed by atoms with E-state index < -0.39 is 223 Å². The number of aliphatic hydroxyl groups excluding tert-OH is 4. The van der Waals surface area contributed by atoms with E-state index in [4.69, 9.17) is 34.5 Å². The summed E-state index contributed by atoms with van der Waals surface area (Å²) in [5.41, 5.74) is 3.40. The molecule has 19 N–H and O–H groups in total. The van der Waals surface area contributed by atoms with Gasteiger partial charge in [-0.15, -0.1) is 0 Å². The molecule has 3 aliphatic rings. The summed E-state index contributed by atoms with van der Waals surface area (Å²) in [4.78, 5) is 169. The van der Waals surface area contributed by atoms with Crippen LogP contribution in [0.15, 0.2) is 22.2 Å². The van der Waals surface area contributed by atoms with E-state index in [0.29, 0.717) is 32.5 Å². The van der Waals surface area contributed by atoms with Crippen LogP contribution >= 0.6 is 37.1 Å². The summed E-state index contributed by atoms with van der Waals surface area (Å²) >= 11 is 0. The number of carbonyl (C=O) groups excluding carboxylic acids is 5. The molecule has 85 heavy (non-hydrogen) atoms. The van der Waals surface area contributed by atoms with E-state index in [9.17, 15) is 102 Å². The largest absolute Gasteiger partial charge is 1.00 e. The summed E-state index contributed by atoms with van der Waals surface area (Å²) in [7, 11) is -9.44. The van der Waals surface area contributed by atoms with Gasteiger partial charge in [0, 0.05) is 24.3 Å². The van der Waals surface area contributed by atoms with Gasteiger partial charge < -0.3 is 101 Å². The van der Waals surface area contributed by atoms with Crippen LogP contribution in [0.5, 0.6) is 0 Å². The summed E-state index contributed by atoms with van der Waals surface area (Å²) < 4.78 is 47.8. The van der Waals surface area contributed by atoms with E-state index in [1.54, 1.807) is 15.2 Å². The number of rotatable bonds is 33. The number of nitrogens with zero attached hydrogens (tertiary/aromatic N) is 4. The molecule has 0 bridgehead atoms. The molecule has 0 radical (unpaired) electrons. The first kappa shape index (κ1) is 73.9. The number of fused-ring (bicyclic) bond motifs is 1. The van der Waals surface area contributed by atoms with Gasteiger partial charge in [-0.3, -0.25) is 72.1 Å². The fraction of sp³-hybridized carbons (Fsp3) is 0.605. The van der Waals surface area contributed by atoms with Crippen LogP contribution < -0.4 is 107 Å². The molecule has 47 heteroatoms. The number of H-pyrrole nitrogens is 1. The van der Waals surface area contributed by atoms with Gasteiger partial charge in [0.2, 0.25) is 39.1 Å². The Morgan fingerprint density at radius 2 is 1.09 bits per heavy atom. The van der Waals surface area contributed by atoms with Gasteiger partial charge in [0.15, 0.2) is 24.4 Å². The number of hydrogen-bond acceptors (Lipinski definition) is 29. The van der Waals surface area contributed by atoms with Crippen molar-refractivity contribution in [2.45, 2.75) is 105 Å². The van der Waals surface area contributed by atoms with Crippen LogP contribution in [0.25, 0.3) is 0 Å². The zero-order chi connectivity index (χ0) is 61.7. The molecular weight excluding hydrogens is 1220 g/mol. The van der Waals surface area contributed by atoms with Gasteiger partial charge in [0.25, 0.3) is 5.91 Å². The molecule has 5 rings (SSSR count).